The Morgan fingerprint density at radius 3 is 2.26 bits per heavy atom. The molecule has 2 aliphatic carbocycles. The Hall–Kier alpha value is -3.26. The maximum Gasteiger partial charge on any atom is 0.326 e. The van der Waals surface area contributed by atoms with E-state index in [0.717, 1.165) is 35.7 Å². The first kappa shape index (κ1) is 28.5. The van der Waals surface area contributed by atoms with Gasteiger partial charge in [-0.15, -0.1) is 0 Å². The fourth-order valence-electron chi connectivity index (χ4n) is 9.22. The van der Waals surface area contributed by atoms with Crippen molar-refractivity contribution < 1.29 is 9.53 Å². The fraction of sp³-hybridized carbons (Fsp3) is 0.600. The van der Waals surface area contributed by atoms with Gasteiger partial charge in [0, 0.05) is 30.2 Å². The zero-order valence-electron chi connectivity index (χ0n) is 25.3. The Morgan fingerprint density at radius 1 is 0.814 bits per heavy atom. The number of rotatable bonds is 6. The van der Waals surface area contributed by atoms with Crippen molar-refractivity contribution in [2.24, 2.45) is 11.8 Å². The third-order valence-corrected chi connectivity index (χ3v) is 10.8. The molecule has 0 radical (unpaired) electrons. The van der Waals surface area contributed by atoms with Crippen LogP contribution in [0.25, 0.3) is 22.4 Å². The van der Waals surface area contributed by atoms with Crippen LogP contribution in [0.5, 0.6) is 0 Å². The monoisotopic (exact) mass is 584 g/mol. The Kier molecular flexibility index (Phi) is 7.97. The van der Waals surface area contributed by atoms with Gasteiger partial charge in [0.25, 0.3) is 11.1 Å². The van der Waals surface area contributed by atoms with Crippen LogP contribution in [-0.4, -0.2) is 49.7 Å². The second-order valence-corrected chi connectivity index (χ2v) is 13.5. The standard InChI is InChI=1S/C35H44N4O4/c1-2-43-33(41)22-37-31(15-8-16-32(37)40)34-35(42)39(30-14-6-5-13-29(30)36-34)28-20-25-11-7-12-26(21-28)38(25)27-18-23-9-3-4-10-24(17-23)19-27/h5-6,8,13-16,23-28H,2-4,7,9-12,17-22H2,1H3/t23-,24+,25-,26+,27-,28+. The SMILES string of the molecule is CCOC(=O)Cn1c(-c2nc3ccccc3n([C@H]3C[C@H]4CCC[C@@H](C3)N4[C@@H]3C[C@@H]4CCCC[C@@H](C4)C3)c2=O)cccc1=O. The number of fused-ring (bicyclic) bond motifs is 5. The first-order valence-corrected chi connectivity index (χ1v) is 16.6. The van der Waals surface area contributed by atoms with Crippen molar-refractivity contribution >= 4 is 17.0 Å². The number of hydrogen-bond donors (Lipinski definition) is 0. The van der Waals surface area contributed by atoms with Gasteiger partial charge in [-0.25, -0.2) is 4.98 Å². The van der Waals surface area contributed by atoms with E-state index in [9.17, 15) is 14.4 Å². The Balaban J connectivity index is 1.26. The van der Waals surface area contributed by atoms with Crippen LogP contribution < -0.4 is 11.1 Å². The number of piperidine rings is 2. The van der Waals surface area contributed by atoms with E-state index < -0.39 is 5.97 Å². The van der Waals surface area contributed by atoms with Gasteiger partial charge in [0.05, 0.1) is 23.3 Å². The van der Waals surface area contributed by atoms with E-state index in [1.165, 1.54) is 74.8 Å². The highest BCUT2D eigenvalue weighted by atomic mass is 16.5. The highest BCUT2D eigenvalue weighted by Gasteiger charge is 2.45. The molecule has 7 rings (SSSR count). The van der Waals surface area contributed by atoms with Crippen LogP contribution >= 0.6 is 0 Å². The van der Waals surface area contributed by atoms with E-state index in [2.05, 4.69) is 4.90 Å². The average Bonchev–Trinajstić information content (AvgIpc) is 3.16. The molecule has 0 unspecified atom stereocenters. The van der Waals surface area contributed by atoms with Crippen molar-refractivity contribution in [1.29, 1.82) is 0 Å². The molecule has 0 spiro atoms. The van der Waals surface area contributed by atoms with Crippen molar-refractivity contribution in [1.82, 2.24) is 19.0 Å². The maximum absolute atomic E-state index is 14.5. The molecule has 2 aromatic heterocycles. The van der Waals surface area contributed by atoms with E-state index in [1.807, 2.05) is 28.8 Å². The molecule has 3 aromatic rings. The molecule has 4 aliphatic rings. The first-order valence-electron chi connectivity index (χ1n) is 16.6. The highest BCUT2D eigenvalue weighted by molar-refractivity contribution is 5.78. The lowest BCUT2D eigenvalue weighted by atomic mass is 9.73. The van der Waals surface area contributed by atoms with Crippen molar-refractivity contribution in [3.05, 3.63) is 63.2 Å². The van der Waals surface area contributed by atoms with Crippen LogP contribution in [0.2, 0.25) is 0 Å². The number of carbonyl (C=O) groups excluding carboxylic acids is 1. The molecular formula is C35H44N4O4. The molecule has 8 nitrogen and oxygen atoms in total. The van der Waals surface area contributed by atoms with Gasteiger partial charge in [-0.05, 0) is 81.9 Å². The van der Waals surface area contributed by atoms with Gasteiger partial charge in [-0.2, -0.15) is 0 Å². The minimum absolute atomic E-state index is 0.0607. The normalized spacial score (nSPS) is 29.2. The predicted octanol–water partition coefficient (Wildman–Crippen LogP) is 5.71. The summed E-state index contributed by atoms with van der Waals surface area (Å²) in [7, 11) is 0. The molecule has 2 saturated heterocycles. The zero-order chi connectivity index (χ0) is 29.5. The van der Waals surface area contributed by atoms with Gasteiger partial charge in [0.1, 0.15) is 6.54 Å². The van der Waals surface area contributed by atoms with Gasteiger partial charge < -0.3 is 9.30 Å². The van der Waals surface area contributed by atoms with E-state index in [-0.39, 0.29) is 36.0 Å². The number of esters is 1. The van der Waals surface area contributed by atoms with Crippen LogP contribution in [0, 0.1) is 11.8 Å². The van der Waals surface area contributed by atoms with Gasteiger partial charge in [0.2, 0.25) is 0 Å². The molecular weight excluding hydrogens is 540 g/mol. The predicted molar refractivity (Wildman–Crippen MR) is 167 cm³/mol. The summed E-state index contributed by atoms with van der Waals surface area (Å²) in [5.41, 5.74) is 1.58. The summed E-state index contributed by atoms with van der Waals surface area (Å²) < 4.78 is 8.44. The molecule has 43 heavy (non-hydrogen) atoms. The second kappa shape index (κ2) is 12.0. The number of para-hydroxylation sites is 2. The third-order valence-electron chi connectivity index (χ3n) is 10.8. The topological polar surface area (TPSA) is 86.4 Å². The summed E-state index contributed by atoms with van der Waals surface area (Å²) >= 11 is 0. The van der Waals surface area contributed by atoms with Crippen LogP contribution in [0.15, 0.2) is 52.1 Å². The third kappa shape index (κ3) is 5.47. The Labute approximate surface area is 253 Å². The summed E-state index contributed by atoms with van der Waals surface area (Å²) in [6.45, 7) is 1.70. The van der Waals surface area contributed by atoms with Gasteiger partial charge in [-0.1, -0.05) is 50.3 Å². The fourth-order valence-corrected chi connectivity index (χ4v) is 9.22. The molecule has 1 aromatic carbocycles. The van der Waals surface area contributed by atoms with Crippen LogP contribution in [0.3, 0.4) is 0 Å². The zero-order valence-corrected chi connectivity index (χ0v) is 25.3. The smallest absolute Gasteiger partial charge is 0.326 e. The molecule has 6 atom stereocenters. The lowest BCUT2D eigenvalue weighted by molar-refractivity contribution is -0.143. The number of aromatic nitrogens is 3. The number of pyridine rings is 1. The van der Waals surface area contributed by atoms with E-state index in [1.54, 1.807) is 19.1 Å². The van der Waals surface area contributed by atoms with Crippen molar-refractivity contribution in [2.75, 3.05) is 6.61 Å². The van der Waals surface area contributed by atoms with Gasteiger partial charge in [-0.3, -0.25) is 23.9 Å². The summed E-state index contributed by atoms with van der Waals surface area (Å²) in [6.07, 6.45) is 15.3. The van der Waals surface area contributed by atoms with Crippen LogP contribution in [-0.2, 0) is 16.1 Å². The largest absolute Gasteiger partial charge is 0.465 e. The number of carbonyl (C=O) groups is 1. The van der Waals surface area contributed by atoms with Crippen molar-refractivity contribution in [3.8, 4) is 11.4 Å². The summed E-state index contributed by atoms with van der Waals surface area (Å²) in [5.74, 6) is 1.26. The number of nitrogens with zero attached hydrogens (tertiary/aromatic N) is 4. The number of benzene rings is 1. The summed E-state index contributed by atoms with van der Waals surface area (Å²) in [4.78, 5) is 47.6. The summed E-state index contributed by atoms with van der Waals surface area (Å²) in [5, 5.41) is 0. The number of ether oxygens (including phenoxy) is 1. The quantitative estimate of drug-likeness (QED) is 0.345. The van der Waals surface area contributed by atoms with E-state index in [4.69, 9.17) is 9.72 Å². The molecule has 0 N–H and O–H groups in total. The first-order chi connectivity index (χ1) is 21.0. The summed E-state index contributed by atoms with van der Waals surface area (Å²) in [6, 6.07) is 14.3. The molecule has 2 aliphatic heterocycles. The number of hydrogen-bond acceptors (Lipinski definition) is 6. The molecule has 228 valence electrons. The van der Waals surface area contributed by atoms with Gasteiger partial charge >= 0.3 is 5.97 Å². The molecule has 2 saturated carbocycles. The van der Waals surface area contributed by atoms with Crippen LogP contribution in [0.4, 0.5) is 0 Å². The van der Waals surface area contributed by atoms with Crippen molar-refractivity contribution in [3.63, 3.8) is 0 Å². The average molecular weight is 585 g/mol. The minimum atomic E-state index is -0.513. The maximum atomic E-state index is 14.5. The lowest BCUT2D eigenvalue weighted by Gasteiger charge is -2.54. The van der Waals surface area contributed by atoms with Gasteiger partial charge in [0.15, 0.2) is 5.69 Å². The molecule has 0 amide bonds. The van der Waals surface area contributed by atoms with Crippen molar-refractivity contribution in [2.45, 2.75) is 115 Å². The Morgan fingerprint density at radius 2 is 1.53 bits per heavy atom. The van der Waals surface area contributed by atoms with E-state index >= 15 is 0 Å². The molecule has 8 heteroatoms. The Bertz CT molecular complexity index is 1580. The second-order valence-electron chi connectivity index (χ2n) is 13.5. The highest BCUT2D eigenvalue weighted by Crippen LogP contribution is 2.47. The molecule has 4 bridgehead atoms. The van der Waals surface area contributed by atoms with E-state index in [0.29, 0.717) is 23.8 Å². The lowest BCUT2D eigenvalue weighted by Crippen LogP contribution is -2.58. The van der Waals surface area contributed by atoms with Crippen LogP contribution in [0.1, 0.15) is 90.0 Å². The minimum Gasteiger partial charge on any atom is -0.465 e. The molecule has 4 fully saturated rings. The molecule has 4 heterocycles.